The zero-order chi connectivity index (χ0) is 17.1. The van der Waals surface area contributed by atoms with E-state index >= 15 is 0 Å². The lowest BCUT2D eigenvalue weighted by Crippen LogP contribution is -2.39. The second-order valence-electron chi connectivity index (χ2n) is 5.77. The van der Waals surface area contributed by atoms with E-state index in [1.807, 2.05) is 29.5 Å². The molecule has 0 saturated carbocycles. The second-order valence-corrected chi connectivity index (χ2v) is 6.66. The lowest BCUT2D eigenvalue weighted by molar-refractivity contribution is -0.121. The van der Waals surface area contributed by atoms with Crippen LogP contribution < -0.4 is 4.90 Å². The number of nitriles is 2. The van der Waals surface area contributed by atoms with E-state index < -0.39 is 0 Å². The van der Waals surface area contributed by atoms with Crippen LogP contribution >= 0.6 is 11.3 Å². The molecule has 6 heteroatoms. The number of nitrogens with zero attached hydrogens (tertiary/aromatic N) is 4. The van der Waals surface area contributed by atoms with Crippen molar-refractivity contribution in [1.82, 2.24) is 4.90 Å². The fourth-order valence-corrected chi connectivity index (χ4v) is 3.84. The third-order valence-electron chi connectivity index (χ3n) is 4.23. The molecule has 0 spiro atoms. The average molecular weight is 336 g/mol. The monoisotopic (exact) mass is 336 g/mol. The summed E-state index contributed by atoms with van der Waals surface area (Å²) in [6.45, 7) is 1.28. The Bertz CT molecular complexity index is 828. The molecule has 1 amide bonds. The van der Waals surface area contributed by atoms with Crippen molar-refractivity contribution in [3.63, 3.8) is 0 Å². The zero-order valence-corrected chi connectivity index (χ0v) is 14.1. The van der Waals surface area contributed by atoms with Crippen molar-refractivity contribution in [3.05, 3.63) is 52.4 Å². The summed E-state index contributed by atoms with van der Waals surface area (Å²) in [7, 11) is 1.93. The number of rotatable bonds is 4. The number of anilines is 1. The predicted molar refractivity (Wildman–Crippen MR) is 92.4 cm³/mol. The van der Waals surface area contributed by atoms with Crippen molar-refractivity contribution in [2.75, 3.05) is 18.5 Å². The fourth-order valence-electron chi connectivity index (χ4n) is 2.95. The van der Waals surface area contributed by atoms with Gasteiger partial charge < -0.3 is 4.90 Å². The summed E-state index contributed by atoms with van der Waals surface area (Å²) in [4.78, 5) is 16.5. The van der Waals surface area contributed by atoms with Gasteiger partial charge in [-0.1, -0.05) is 12.1 Å². The standard InChI is InChI=1S/C18H16N4OS/c1-21(12-14-4-2-13(10-19)3-5-14)16-6-8-22(17(16)23)18-15(11-20)7-9-24-18/h2-5,7,9,16H,6,8,12H2,1H3/t16-/m1/s1. The van der Waals surface area contributed by atoms with Crippen molar-refractivity contribution in [1.29, 1.82) is 10.5 Å². The Labute approximate surface area is 145 Å². The summed E-state index contributed by atoms with van der Waals surface area (Å²) < 4.78 is 0. The Morgan fingerprint density at radius 1 is 1.25 bits per heavy atom. The van der Waals surface area contributed by atoms with Crippen LogP contribution in [0.5, 0.6) is 0 Å². The molecule has 0 aliphatic carbocycles. The summed E-state index contributed by atoms with van der Waals surface area (Å²) in [5, 5.41) is 20.6. The van der Waals surface area contributed by atoms with Crippen LogP contribution in [0, 0.1) is 22.7 Å². The van der Waals surface area contributed by atoms with Gasteiger partial charge in [0.15, 0.2) is 0 Å². The van der Waals surface area contributed by atoms with Gasteiger partial charge in [-0.3, -0.25) is 9.69 Å². The molecule has 0 N–H and O–H groups in total. The molecule has 1 aliphatic heterocycles. The van der Waals surface area contributed by atoms with E-state index in [1.165, 1.54) is 11.3 Å². The lowest BCUT2D eigenvalue weighted by atomic mass is 10.1. The minimum absolute atomic E-state index is 0.0464. The Hall–Kier alpha value is -2.67. The zero-order valence-electron chi connectivity index (χ0n) is 13.3. The van der Waals surface area contributed by atoms with Gasteiger partial charge in [0.25, 0.3) is 0 Å². The molecule has 1 saturated heterocycles. The summed E-state index contributed by atoms with van der Waals surface area (Å²) in [5.74, 6) is 0.0464. The van der Waals surface area contributed by atoms with Crippen molar-refractivity contribution in [2.45, 2.75) is 19.0 Å². The van der Waals surface area contributed by atoms with Gasteiger partial charge in [-0.2, -0.15) is 10.5 Å². The summed E-state index contributed by atoms with van der Waals surface area (Å²) in [6.07, 6.45) is 0.744. The SMILES string of the molecule is CN(Cc1ccc(C#N)cc1)[C@@H]1CCN(c2sccc2C#N)C1=O. The number of hydrogen-bond acceptors (Lipinski definition) is 5. The highest BCUT2D eigenvalue weighted by Crippen LogP contribution is 2.32. The largest absolute Gasteiger partial charge is 0.301 e. The first-order chi connectivity index (χ1) is 11.6. The second kappa shape index (κ2) is 6.84. The van der Waals surface area contributed by atoms with Gasteiger partial charge in [0.1, 0.15) is 11.1 Å². The quantitative estimate of drug-likeness (QED) is 0.861. The first kappa shape index (κ1) is 16.2. The molecule has 1 aromatic heterocycles. The predicted octanol–water partition coefficient (Wildman–Crippen LogP) is 2.73. The van der Waals surface area contributed by atoms with E-state index in [-0.39, 0.29) is 11.9 Å². The molecule has 24 heavy (non-hydrogen) atoms. The molecule has 0 radical (unpaired) electrons. The van der Waals surface area contributed by atoms with Crippen LogP contribution in [-0.4, -0.2) is 30.4 Å². The molecule has 1 fully saturated rings. The Morgan fingerprint density at radius 2 is 2.00 bits per heavy atom. The maximum absolute atomic E-state index is 12.7. The maximum atomic E-state index is 12.7. The van der Waals surface area contributed by atoms with Gasteiger partial charge in [0, 0.05) is 13.1 Å². The number of carbonyl (C=O) groups excluding carboxylic acids is 1. The Kier molecular flexibility index (Phi) is 4.61. The van der Waals surface area contributed by atoms with Crippen molar-refractivity contribution in [2.24, 2.45) is 0 Å². The van der Waals surface area contributed by atoms with E-state index in [4.69, 9.17) is 10.5 Å². The van der Waals surface area contributed by atoms with Crippen molar-refractivity contribution >= 4 is 22.2 Å². The van der Waals surface area contributed by atoms with Crippen LogP contribution in [0.2, 0.25) is 0 Å². The van der Waals surface area contributed by atoms with Crippen molar-refractivity contribution in [3.8, 4) is 12.1 Å². The van der Waals surface area contributed by atoms with Crippen LogP contribution in [0.25, 0.3) is 0 Å². The highest BCUT2D eigenvalue weighted by molar-refractivity contribution is 7.14. The minimum Gasteiger partial charge on any atom is -0.301 e. The topological polar surface area (TPSA) is 71.1 Å². The van der Waals surface area contributed by atoms with Crippen LogP contribution in [0.4, 0.5) is 5.00 Å². The first-order valence-electron chi connectivity index (χ1n) is 7.62. The van der Waals surface area contributed by atoms with Gasteiger partial charge in [0.2, 0.25) is 5.91 Å². The lowest BCUT2D eigenvalue weighted by Gasteiger charge is -2.23. The van der Waals surface area contributed by atoms with Crippen LogP contribution in [0.15, 0.2) is 35.7 Å². The van der Waals surface area contributed by atoms with Crippen LogP contribution in [0.1, 0.15) is 23.1 Å². The van der Waals surface area contributed by atoms with Gasteiger partial charge >= 0.3 is 0 Å². The molecule has 120 valence electrons. The number of hydrogen-bond donors (Lipinski definition) is 0. The number of benzene rings is 1. The molecule has 0 unspecified atom stereocenters. The number of carbonyl (C=O) groups is 1. The first-order valence-corrected chi connectivity index (χ1v) is 8.50. The summed E-state index contributed by atoms with van der Waals surface area (Å²) in [6, 6.07) is 13.2. The number of amides is 1. The molecule has 2 heterocycles. The number of likely N-dealkylation sites (N-methyl/N-ethyl adjacent to an activating group) is 1. The molecule has 0 bridgehead atoms. The molecule has 1 atom stereocenters. The fraction of sp³-hybridized carbons (Fsp3) is 0.278. The molecule has 5 nitrogen and oxygen atoms in total. The Morgan fingerprint density at radius 3 is 2.67 bits per heavy atom. The average Bonchev–Trinajstić information content (AvgIpc) is 3.21. The summed E-state index contributed by atoms with van der Waals surface area (Å²) in [5.41, 5.74) is 2.26. The van der Waals surface area contributed by atoms with E-state index in [2.05, 4.69) is 12.1 Å². The highest BCUT2D eigenvalue weighted by atomic mass is 32.1. The number of thiophene rings is 1. The molecule has 1 aromatic carbocycles. The normalized spacial score (nSPS) is 17.1. The smallest absolute Gasteiger partial charge is 0.245 e. The minimum atomic E-state index is -0.186. The molecular formula is C18H16N4OS. The third kappa shape index (κ3) is 3.03. The third-order valence-corrected chi connectivity index (χ3v) is 5.17. The van der Waals surface area contributed by atoms with Crippen LogP contribution in [-0.2, 0) is 11.3 Å². The highest BCUT2D eigenvalue weighted by Gasteiger charge is 2.36. The van der Waals surface area contributed by atoms with Crippen LogP contribution in [0.3, 0.4) is 0 Å². The van der Waals surface area contributed by atoms with Gasteiger partial charge in [-0.05, 0) is 42.6 Å². The van der Waals surface area contributed by atoms with E-state index in [1.54, 1.807) is 23.1 Å². The molecular weight excluding hydrogens is 320 g/mol. The Balaban J connectivity index is 1.70. The molecule has 3 rings (SSSR count). The van der Waals surface area contributed by atoms with E-state index in [9.17, 15) is 4.79 Å². The van der Waals surface area contributed by atoms with E-state index in [0.717, 1.165) is 17.0 Å². The van der Waals surface area contributed by atoms with Gasteiger partial charge in [-0.25, -0.2) is 0 Å². The molecule has 1 aliphatic rings. The summed E-state index contributed by atoms with van der Waals surface area (Å²) >= 11 is 1.43. The molecule has 2 aromatic rings. The van der Waals surface area contributed by atoms with Crippen molar-refractivity contribution < 1.29 is 4.79 Å². The maximum Gasteiger partial charge on any atom is 0.245 e. The van der Waals surface area contributed by atoms with E-state index in [0.29, 0.717) is 24.2 Å². The van der Waals surface area contributed by atoms with Gasteiger partial charge in [-0.15, -0.1) is 11.3 Å². The van der Waals surface area contributed by atoms with Gasteiger partial charge in [0.05, 0.1) is 23.2 Å².